The summed E-state index contributed by atoms with van der Waals surface area (Å²) in [7, 11) is 0. The molecular formula is C15H11FN2O2S. The fourth-order valence-electron chi connectivity index (χ4n) is 1.78. The molecule has 4 nitrogen and oxygen atoms in total. The molecule has 2 rings (SSSR count). The summed E-state index contributed by atoms with van der Waals surface area (Å²) in [5.41, 5.74) is 0.114. The highest BCUT2D eigenvalue weighted by atomic mass is 32.2. The van der Waals surface area contributed by atoms with E-state index < -0.39 is 5.56 Å². The topological polar surface area (TPSA) is 73.7 Å². The van der Waals surface area contributed by atoms with Gasteiger partial charge >= 0.3 is 0 Å². The first-order chi connectivity index (χ1) is 10.0. The third-order valence-electron chi connectivity index (χ3n) is 2.83. The molecule has 1 N–H and O–H groups in total. The number of hydrogen-bond acceptors (Lipinski definition) is 4. The van der Waals surface area contributed by atoms with Crippen molar-refractivity contribution in [2.75, 3.05) is 5.75 Å². The van der Waals surface area contributed by atoms with Crippen LogP contribution in [0.3, 0.4) is 0 Å². The summed E-state index contributed by atoms with van der Waals surface area (Å²) in [6, 6.07) is 9.00. The summed E-state index contributed by atoms with van der Waals surface area (Å²) in [5, 5.41) is 8.83. The van der Waals surface area contributed by atoms with E-state index in [9.17, 15) is 14.0 Å². The highest BCUT2D eigenvalue weighted by molar-refractivity contribution is 8.00. The standard InChI is InChI=1S/C15H11FN2O2S/c1-9-13(5-10(7-17)15(20)18-9)14(19)8-21-12-4-2-3-11(16)6-12/h2-6H,8H2,1H3,(H,18,20). The maximum Gasteiger partial charge on any atom is 0.266 e. The normalized spacial score (nSPS) is 10.1. The molecule has 1 aromatic carbocycles. The number of aromatic amines is 1. The molecule has 0 aliphatic carbocycles. The van der Waals surface area contributed by atoms with Crippen LogP contribution in [0, 0.1) is 24.1 Å². The first-order valence-corrected chi connectivity index (χ1v) is 7.05. The quantitative estimate of drug-likeness (QED) is 0.696. The molecule has 1 heterocycles. The Bertz CT molecular complexity index is 793. The van der Waals surface area contributed by atoms with Gasteiger partial charge in [-0.15, -0.1) is 11.8 Å². The lowest BCUT2D eigenvalue weighted by Gasteiger charge is -2.05. The average molecular weight is 302 g/mol. The van der Waals surface area contributed by atoms with Gasteiger partial charge in [0, 0.05) is 16.2 Å². The van der Waals surface area contributed by atoms with Crippen LogP contribution in [0.1, 0.15) is 21.6 Å². The number of thioether (sulfide) groups is 1. The number of hydrogen-bond donors (Lipinski definition) is 1. The molecule has 0 amide bonds. The Balaban J connectivity index is 2.18. The number of carbonyl (C=O) groups excluding carboxylic acids is 1. The number of pyridine rings is 1. The van der Waals surface area contributed by atoms with E-state index in [1.165, 1.54) is 30.0 Å². The van der Waals surface area contributed by atoms with Crippen LogP contribution < -0.4 is 5.56 Å². The number of aromatic nitrogens is 1. The van der Waals surface area contributed by atoms with E-state index in [-0.39, 0.29) is 22.9 Å². The molecular weight excluding hydrogens is 291 g/mol. The Hall–Kier alpha value is -2.39. The number of carbonyl (C=O) groups is 1. The maximum absolute atomic E-state index is 13.0. The summed E-state index contributed by atoms with van der Waals surface area (Å²) >= 11 is 1.20. The van der Waals surface area contributed by atoms with E-state index in [1.807, 2.05) is 0 Å². The van der Waals surface area contributed by atoms with Crippen molar-refractivity contribution in [3.63, 3.8) is 0 Å². The van der Waals surface area contributed by atoms with Crippen LogP contribution in [0.25, 0.3) is 0 Å². The molecule has 0 aliphatic rings. The van der Waals surface area contributed by atoms with Crippen molar-refractivity contribution in [1.82, 2.24) is 4.98 Å². The van der Waals surface area contributed by atoms with Gasteiger partial charge < -0.3 is 4.98 Å². The van der Waals surface area contributed by atoms with Crippen LogP contribution >= 0.6 is 11.8 Å². The predicted octanol–water partition coefficient (Wildman–Crippen LogP) is 2.67. The van der Waals surface area contributed by atoms with Crippen molar-refractivity contribution < 1.29 is 9.18 Å². The van der Waals surface area contributed by atoms with E-state index in [0.717, 1.165) is 0 Å². The molecule has 1 aromatic heterocycles. The van der Waals surface area contributed by atoms with E-state index >= 15 is 0 Å². The lowest BCUT2D eigenvalue weighted by atomic mass is 10.1. The molecule has 0 atom stereocenters. The van der Waals surface area contributed by atoms with Crippen molar-refractivity contribution >= 4 is 17.5 Å². The number of halogens is 1. The number of aryl methyl sites for hydroxylation is 1. The van der Waals surface area contributed by atoms with E-state index in [2.05, 4.69) is 4.98 Å². The summed E-state index contributed by atoms with van der Waals surface area (Å²) in [6.07, 6.45) is 0. The molecule has 0 aliphatic heterocycles. The highest BCUT2D eigenvalue weighted by Gasteiger charge is 2.13. The molecule has 0 fully saturated rings. The molecule has 21 heavy (non-hydrogen) atoms. The molecule has 2 aromatic rings. The zero-order valence-electron chi connectivity index (χ0n) is 11.1. The third kappa shape index (κ3) is 3.58. The van der Waals surface area contributed by atoms with Crippen LogP contribution in [0.15, 0.2) is 40.0 Å². The zero-order valence-corrected chi connectivity index (χ0v) is 12.0. The smallest absolute Gasteiger partial charge is 0.266 e. The van der Waals surface area contributed by atoms with Crippen LogP contribution in [-0.4, -0.2) is 16.5 Å². The molecule has 0 radical (unpaired) electrons. The average Bonchev–Trinajstić information content (AvgIpc) is 2.45. The van der Waals surface area contributed by atoms with Crippen molar-refractivity contribution in [3.05, 3.63) is 63.3 Å². The number of nitriles is 1. The predicted molar refractivity (Wildman–Crippen MR) is 78.0 cm³/mol. The molecule has 0 spiro atoms. The van der Waals surface area contributed by atoms with Gasteiger partial charge in [-0.2, -0.15) is 5.26 Å². The van der Waals surface area contributed by atoms with Crippen LogP contribution in [0.5, 0.6) is 0 Å². The Kier molecular flexibility index (Phi) is 4.55. The van der Waals surface area contributed by atoms with Gasteiger partial charge in [0.2, 0.25) is 0 Å². The minimum atomic E-state index is -0.510. The van der Waals surface area contributed by atoms with Crippen LogP contribution in [-0.2, 0) is 0 Å². The highest BCUT2D eigenvalue weighted by Crippen LogP contribution is 2.20. The second-order valence-corrected chi connectivity index (χ2v) is 5.38. The van der Waals surface area contributed by atoms with Gasteiger partial charge in [-0.25, -0.2) is 4.39 Å². The molecule has 0 saturated heterocycles. The van der Waals surface area contributed by atoms with E-state index in [4.69, 9.17) is 5.26 Å². The van der Waals surface area contributed by atoms with Gasteiger partial charge in [-0.3, -0.25) is 9.59 Å². The van der Waals surface area contributed by atoms with Gasteiger partial charge in [0.15, 0.2) is 5.78 Å². The summed E-state index contributed by atoms with van der Waals surface area (Å²) < 4.78 is 13.0. The zero-order chi connectivity index (χ0) is 15.4. The number of nitrogens with one attached hydrogen (secondary N) is 1. The lowest BCUT2D eigenvalue weighted by Crippen LogP contribution is -2.16. The van der Waals surface area contributed by atoms with Crippen LogP contribution in [0.4, 0.5) is 4.39 Å². The van der Waals surface area contributed by atoms with Gasteiger partial charge in [-0.1, -0.05) is 6.07 Å². The molecule has 6 heteroatoms. The van der Waals surface area contributed by atoms with E-state index in [0.29, 0.717) is 16.2 Å². The minimum absolute atomic E-state index is 0.0975. The number of benzene rings is 1. The van der Waals surface area contributed by atoms with Crippen molar-refractivity contribution in [2.24, 2.45) is 0 Å². The van der Waals surface area contributed by atoms with Gasteiger partial charge in [0.1, 0.15) is 17.4 Å². The number of H-pyrrole nitrogens is 1. The Morgan fingerprint density at radius 1 is 1.43 bits per heavy atom. The fourth-order valence-corrected chi connectivity index (χ4v) is 2.60. The van der Waals surface area contributed by atoms with Gasteiger partial charge in [0.25, 0.3) is 5.56 Å². The molecule has 0 unspecified atom stereocenters. The van der Waals surface area contributed by atoms with Crippen molar-refractivity contribution in [2.45, 2.75) is 11.8 Å². The Morgan fingerprint density at radius 3 is 2.86 bits per heavy atom. The molecule has 106 valence electrons. The summed E-state index contributed by atoms with van der Waals surface area (Å²) in [4.78, 5) is 26.7. The lowest BCUT2D eigenvalue weighted by molar-refractivity contribution is 0.102. The monoisotopic (exact) mass is 302 g/mol. The maximum atomic E-state index is 13.0. The number of Topliss-reactive ketones (excluding diaryl/α,β-unsaturated/α-hetero) is 1. The van der Waals surface area contributed by atoms with E-state index in [1.54, 1.807) is 25.1 Å². The fraction of sp³-hybridized carbons (Fsp3) is 0.133. The number of ketones is 1. The third-order valence-corrected chi connectivity index (χ3v) is 3.82. The largest absolute Gasteiger partial charge is 0.325 e. The SMILES string of the molecule is Cc1[nH]c(=O)c(C#N)cc1C(=O)CSc1cccc(F)c1. The van der Waals surface area contributed by atoms with Crippen molar-refractivity contribution in [1.29, 1.82) is 5.26 Å². The minimum Gasteiger partial charge on any atom is -0.325 e. The Morgan fingerprint density at radius 2 is 2.19 bits per heavy atom. The summed E-state index contributed by atoms with van der Waals surface area (Å²) in [5.74, 6) is -0.491. The van der Waals surface area contributed by atoms with Gasteiger partial charge in [0.05, 0.1) is 5.75 Å². The van der Waals surface area contributed by atoms with Crippen molar-refractivity contribution in [3.8, 4) is 6.07 Å². The first-order valence-electron chi connectivity index (χ1n) is 6.07. The second kappa shape index (κ2) is 6.37. The Labute approximate surface area is 124 Å². The second-order valence-electron chi connectivity index (χ2n) is 4.33. The molecule has 0 saturated carbocycles. The molecule has 0 bridgehead atoms. The number of nitrogens with zero attached hydrogens (tertiary/aromatic N) is 1. The van der Waals surface area contributed by atoms with Crippen LogP contribution in [0.2, 0.25) is 0 Å². The first kappa shape index (κ1) is 15.0. The number of rotatable bonds is 4. The van der Waals surface area contributed by atoms with Gasteiger partial charge in [-0.05, 0) is 31.2 Å². The summed E-state index contributed by atoms with van der Waals surface area (Å²) in [6.45, 7) is 1.60.